The van der Waals surface area contributed by atoms with Gasteiger partial charge in [-0.15, -0.1) is 0 Å². The Labute approximate surface area is 161 Å². The summed E-state index contributed by atoms with van der Waals surface area (Å²) in [5.74, 6) is -0.200. The van der Waals surface area contributed by atoms with Crippen molar-refractivity contribution in [3.8, 4) is 0 Å². The fraction of sp³-hybridized carbons (Fsp3) is 0.300. The normalized spacial score (nSPS) is 14.7. The van der Waals surface area contributed by atoms with Crippen LogP contribution >= 0.6 is 11.6 Å². The number of nitrogens with zero attached hydrogens (tertiary/aromatic N) is 3. The van der Waals surface area contributed by atoms with E-state index in [9.17, 15) is 9.90 Å². The van der Waals surface area contributed by atoms with Crippen LogP contribution in [0.3, 0.4) is 0 Å². The average molecular weight is 386 g/mol. The molecule has 7 heteroatoms. The van der Waals surface area contributed by atoms with E-state index < -0.39 is 5.97 Å². The first kappa shape index (κ1) is 17.8. The van der Waals surface area contributed by atoms with Gasteiger partial charge in [-0.3, -0.25) is 0 Å². The zero-order valence-electron chi connectivity index (χ0n) is 15.0. The molecule has 0 bridgehead atoms. The van der Waals surface area contributed by atoms with Gasteiger partial charge in [-0.05, 0) is 36.8 Å². The lowest BCUT2D eigenvalue weighted by Crippen LogP contribution is -2.36. The van der Waals surface area contributed by atoms with Crippen molar-refractivity contribution in [1.82, 2.24) is 9.55 Å². The number of fused-ring (bicyclic) bond motifs is 1. The highest BCUT2D eigenvalue weighted by molar-refractivity contribution is 6.30. The second-order valence-electron chi connectivity index (χ2n) is 6.64. The predicted molar refractivity (Wildman–Crippen MR) is 105 cm³/mol. The van der Waals surface area contributed by atoms with Crippen LogP contribution in [0.15, 0.2) is 36.4 Å². The molecule has 1 saturated heterocycles. The molecule has 27 heavy (non-hydrogen) atoms. The molecule has 0 amide bonds. The van der Waals surface area contributed by atoms with Crippen molar-refractivity contribution in [2.45, 2.75) is 13.5 Å². The molecule has 0 saturated carbocycles. The summed E-state index contributed by atoms with van der Waals surface area (Å²) in [6.45, 7) is 5.24. The maximum Gasteiger partial charge on any atom is 0.338 e. The molecule has 1 aliphatic heterocycles. The maximum atomic E-state index is 11.9. The third kappa shape index (κ3) is 3.50. The monoisotopic (exact) mass is 385 g/mol. The fourth-order valence-corrected chi connectivity index (χ4v) is 3.72. The van der Waals surface area contributed by atoms with Crippen molar-refractivity contribution in [2.75, 3.05) is 31.2 Å². The standard InChI is InChI=1S/C20H20ClN3O3/c1-13-22-19-17(20(25)26)10-16(23-5-7-27-8-6-23)11-18(19)24(13)12-14-3-2-4-15(21)9-14/h2-4,9-11H,5-8,12H2,1H3,(H,25,26). The van der Waals surface area contributed by atoms with Crippen molar-refractivity contribution < 1.29 is 14.6 Å². The topological polar surface area (TPSA) is 67.6 Å². The summed E-state index contributed by atoms with van der Waals surface area (Å²) in [5, 5.41) is 10.4. The summed E-state index contributed by atoms with van der Waals surface area (Å²) in [4.78, 5) is 18.6. The van der Waals surface area contributed by atoms with Gasteiger partial charge in [-0.25, -0.2) is 9.78 Å². The van der Waals surface area contributed by atoms with Gasteiger partial charge in [-0.1, -0.05) is 23.7 Å². The van der Waals surface area contributed by atoms with Crippen molar-refractivity contribution in [2.24, 2.45) is 0 Å². The van der Waals surface area contributed by atoms with Crippen LogP contribution in [0, 0.1) is 6.92 Å². The summed E-state index contributed by atoms with van der Waals surface area (Å²) in [7, 11) is 0. The molecule has 4 rings (SSSR count). The number of ether oxygens (including phenoxy) is 1. The molecule has 2 heterocycles. The van der Waals surface area contributed by atoms with Gasteiger partial charge in [0.25, 0.3) is 0 Å². The number of imidazole rings is 1. The lowest BCUT2D eigenvalue weighted by atomic mass is 10.1. The fourth-order valence-electron chi connectivity index (χ4n) is 3.51. The number of anilines is 1. The molecule has 1 aromatic heterocycles. The van der Waals surface area contributed by atoms with Gasteiger partial charge in [-0.2, -0.15) is 0 Å². The Hall–Kier alpha value is -2.57. The summed E-state index contributed by atoms with van der Waals surface area (Å²) in [6.07, 6.45) is 0. The molecule has 0 unspecified atom stereocenters. The third-order valence-corrected chi connectivity index (χ3v) is 5.10. The number of rotatable bonds is 4. The molecule has 0 spiro atoms. The Balaban J connectivity index is 1.84. The molecule has 6 nitrogen and oxygen atoms in total. The molecular formula is C20H20ClN3O3. The second-order valence-corrected chi connectivity index (χ2v) is 7.08. The van der Waals surface area contributed by atoms with Gasteiger partial charge >= 0.3 is 5.97 Å². The van der Waals surface area contributed by atoms with E-state index in [1.54, 1.807) is 6.07 Å². The number of hydrogen-bond donors (Lipinski definition) is 1. The number of hydrogen-bond acceptors (Lipinski definition) is 4. The Kier molecular flexibility index (Phi) is 4.76. The lowest BCUT2D eigenvalue weighted by molar-refractivity contribution is 0.0699. The minimum atomic E-state index is -0.970. The number of benzene rings is 2. The Morgan fingerprint density at radius 2 is 2.04 bits per heavy atom. The molecule has 0 aliphatic carbocycles. The molecule has 2 aromatic carbocycles. The largest absolute Gasteiger partial charge is 0.478 e. The average Bonchev–Trinajstić information content (AvgIpc) is 2.97. The molecule has 1 N–H and O–H groups in total. The number of aromatic nitrogens is 2. The van der Waals surface area contributed by atoms with E-state index in [-0.39, 0.29) is 5.56 Å². The number of carboxylic acid groups (broad SMARTS) is 1. The van der Waals surface area contributed by atoms with E-state index in [0.717, 1.165) is 35.7 Å². The van der Waals surface area contributed by atoms with Gasteiger partial charge in [0, 0.05) is 30.3 Å². The molecule has 3 aromatic rings. The van der Waals surface area contributed by atoms with Gasteiger partial charge in [0.15, 0.2) is 0 Å². The van der Waals surface area contributed by atoms with Crippen LogP contribution in [0.4, 0.5) is 5.69 Å². The van der Waals surface area contributed by atoms with Crippen LogP contribution in [0.5, 0.6) is 0 Å². The van der Waals surface area contributed by atoms with Crippen LogP contribution in [0.2, 0.25) is 5.02 Å². The van der Waals surface area contributed by atoms with Gasteiger partial charge < -0.3 is 19.3 Å². The number of aromatic carboxylic acids is 1. The van der Waals surface area contributed by atoms with Crippen LogP contribution < -0.4 is 4.90 Å². The lowest BCUT2D eigenvalue weighted by Gasteiger charge is -2.29. The first-order chi connectivity index (χ1) is 13.0. The zero-order valence-corrected chi connectivity index (χ0v) is 15.7. The highest BCUT2D eigenvalue weighted by atomic mass is 35.5. The number of aryl methyl sites for hydroxylation is 1. The predicted octanol–water partition coefficient (Wildman–Crippen LogP) is 3.58. The Morgan fingerprint density at radius 1 is 1.26 bits per heavy atom. The van der Waals surface area contributed by atoms with Crippen LogP contribution in [0.25, 0.3) is 11.0 Å². The van der Waals surface area contributed by atoms with E-state index in [4.69, 9.17) is 16.3 Å². The summed E-state index contributed by atoms with van der Waals surface area (Å²) >= 11 is 6.12. The van der Waals surface area contributed by atoms with Crippen molar-refractivity contribution in [3.63, 3.8) is 0 Å². The first-order valence-electron chi connectivity index (χ1n) is 8.84. The molecular weight excluding hydrogens is 366 g/mol. The van der Waals surface area contributed by atoms with Crippen LogP contribution in [-0.4, -0.2) is 46.9 Å². The molecule has 140 valence electrons. The smallest absolute Gasteiger partial charge is 0.338 e. The third-order valence-electron chi connectivity index (χ3n) is 4.87. The van der Waals surface area contributed by atoms with Crippen molar-refractivity contribution >= 4 is 34.3 Å². The summed E-state index contributed by atoms with van der Waals surface area (Å²) in [5.41, 5.74) is 3.48. The first-order valence-corrected chi connectivity index (χ1v) is 9.22. The molecule has 0 radical (unpaired) electrons. The van der Waals surface area contributed by atoms with E-state index in [0.29, 0.717) is 30.3 Å². The highest BCUT2D eigenvalue weighted by Crippen LogP contribution is 2.28. The highest BCUT2D eigenvalue weighted by Gasteiger charge is 2.20. The number of halogens is 1. The quantitative estimate of drug-likeness (QED) is 0.743. The van der Waals surface area contributed by atoms with Gasteiger partial charge in [0.1, 0.15) is 11.3 Å². The zero-order chi connectivity index (χ0) is 19.0. The van der Waals surface area contributed by atoms with E-state index in [2.05, 4.69) is 9.88 Å². The number of morpholine rings is 1. The minimum Gasteiger partial charge on any atom is -0.478 e. The Bertz CT molecular complexity index is 1010. The van der Waals surface area contributed by atoms with E-state index >= 15 is 0 Å². The van der Waals surface area contributed by atoms with Crippen molar-refractivity contribution in [3.05, 3.63) is 58.4 Å². The molecule has 1 fully saturated rings. The Morgan fingerprint density at radius 3 is 2.74 bits per heavy atom. The van der Waals surface area contributed by atoms with E-state index in [1.807, 2.05) is 41.8 Å². The number of carboxylic acids is 1. The van der Waals surface area contributed by atoms with Crippen LogP contribution in [-0.2, 0) is 11.3 Å². The van der Waals surface area contributed by atoms with Gasteiger partial charge in [0.2, 0.25) is 0 Å². The molecule has 1 aliphatic rings. The van der Waals surface area contributed by atoms with Crippen LogP contribution in [0.1, 0.15) is 21.7 Å². The summed E-state index contributed by atoms with van der Waals surface area (Å²) in [6, 6.07) is 11.4. The number of carbonyl (C=O) groups is 1. The minimum absolute atomic E-state index is 0.224. The second kappa shape index (κ2) is 7.21. The summed E-state index contributed by atoms with van der Waals surface area (Å²) < 4.78 is 7.46. The maximum absolute atomic E-state index is 11.9. The SMILES string of the molecule is Cc1nc2c(C(=O)O)cc(N3CCOCC3)cc2n1Cc1cccc(Cl)c1. The van der Waals surface area contributed by atoms with Crippen molar-refractivity contribution in [1.29, 1.82) is 0 Å². The van der Waals surface area contributed by atoms with Gasteiger partial charge in [0.05, 0.1) is 24.3 Å². The van der Waals surface area contributed by atoms with E-state index in [1.165, 1.54) is 0 Å². The molecule has 0 atom stereocenters.